The van der Waals surface area contributed by atoms with Crippen molar-refractivity contribution >= 4 is 11.6 Å². The van der Waals surface area contributed by atoms with Crippen LogP contribution in [0, 0.1) is 12.7 Å². The number of benzene rings is 1. The summed E-state index contributed by atoms with van der Waals surface area (Å²) in [5, 5.41) is 1.01. The van der Waals surface area contributed by atoms with Gasteiger partial charge in [-0.05, 0) is 30.7 Å². The second-order valence-corrected chi connectivity index (χ2v) is 5.20. The molecule has 0 saturated carbocycles. The van der Waals surface area contributed by atoms with E-state index in [9.17, 15) is 57.5 Å². The van der Waals surface area contributed by atoms with Crippen LogP contribution in [0.3, 0.4) is 0 Å². The second kappa shape index (κ2) is 7.00. The quantitative estimate of drug-likeness (QED) is 0.651. The van der Waals surface area contributed by atoms with Gasteiger partial charge in [-0.3, -0.25) is 9.53 Å². The van der Waals surface area contributed by atoms with E-state index in [1.807, 2.05) is 0 Å². The zero-order chi connectivity index (χ0) is 22.3. The molecule has 1 rings (SSSR count). The molecular weight excluding hydrogens is 430 g/mol. The monoisotopic (exact) mass is 437 g/mol. The third-order valence-corrected chi connectivity index (χ3v) is 3.08. The van der Waals surface area contributed by atoms with Crippen molar-refractivity contribution in [2.75, 3.05) is 5.32 Å². The molecule has 1 atom stereocenters. The van der Waals surface area contributed by atoms with Crippen molar-refractivity contribution in [2.45, 2.75) is 37.2 Å². The van der Waals surface area contributed by atoms with Gasteiger partial charge in [0.2, 0.25) is 0 Å². The van der Waals surface area contributed by atoms with E-state index in [2.05, 4.69) is 4.74 Å². The molecule has 3 nitrogen and oxygen atoms in total. The lowest BCUT2D eigenvalue weighted by Crippen LogP contribution is -2.62. The van der Waals surface area contributed by atoms with Gasteiger partial charge in [-0.25, -0.2) is 4.39 Å². The number of ether oxygens (including phenoxy) is 1. The number of anilines is 1. The second-order valence-electron chi connectivity index (χ2n) is 5.20. The lowest BCUT2D eigenvalue weighted by atomic mass is 10.1. The van der Waals surface area contributed by atoms with E-state index in [0.29, 0.717) is 18.2 Å². The number of rotatable bonds is 5. The van der Waals surface area contributed by atoms with Crippen LogP contribution in [0.4, 0.5) is 58.4 Å². The molecule has 0 heterocycles. The average Bonchev–Trinajstić information content (AvgIpc) is 2.46. The third kappa shape index (κ3) is 4.28. The largest absolute Gasteiger partial charge is 0.462 e. The molecule has 28 heavy (non-hydrogen) atoms. The van der Waals surface area contributed by atoms with E-state index in [1.165, 1.54) is 0 Å². The number of amides is 1. The van der Waals surface area contributed by atoms with Crippen LogP contribution in [-0.4, -0.2) is 36.1 Å². The Bertz CT molecular complexity index is 742. The van der Waals surface area contributed by atoms with Gasteiger partial charge in [-0.2, -0.15) is 48.3 Å². The summed E-state index contributed by atoms with van der Waals surface area (Å²) in [6, 6.07) is 1.67. The van der Waals surface area contributed by atoms with Crippen LogP contribution in [0.1, 0.15) is 5.56 Å². The van der Waals surface area contributed by atoms with Crippen LogP contribution in [-0.2, 0) is 9.53 Å². The van der Waals surface area contributed by atoms with Gasteiger partial charge in [-0.15, -0.1) is 0 Å². The van der Waals surface area contributed by atoms with E-state index < -0.39 is 47.7 Å². The number of hydrogen-bond donors (Lipinski definition) is 1. The zero-order valence-corrected chi connectivity index (χ0v) is 13.1. The van der Waals surface area contributed by atoms with Crippen molar-refractivity contribution in [3.05, 3.63) is 29.6 Å². The number of aryl methyl sites for hydroxylation is 1. The van der Waals surface area contributed by atoms with Gasteiger partial charge in [0.25, 0.3) is 5.91 Å². The Hall–Kier alpha value is -2.19. The molecule has 0 aliphatic heterocycles. The van der Waals surface area contributed by atoms with Gasteiger partial charge in [0.15, 0.2) is 0 Å². The summed E-state index contributed by atoms with van der Waals surface area (Å²) in [5.41, 5.74) is -1.17. The van der Waals surface area contributed by atoms with Crippen molar-refractivity contribution in [3.63, 3.8) is 0 Å². The fourth-order valence-corrected chi connectivity index (χ4v) is 1.61. The molecule has 1 aromatic rings. The Balaban J connectivity index is 3.34. The van der Waals surface area contributed by atoms with Crippen LogP contribution in [0.5, 0.6) is 0 Å². The first kappa shape index (κ1) is 23.8. The molecule has 1 aromatic carbocycles. The number of carbonyl (C=O) groups excluding carboxylic acids is 1. The van der Waals surface area contributed by atoms with Gasteiger partial charge in [0, 0.05) is 5.69 Å². The molecule has 0 aromatic heterocycles. The van der Waals surface area contributed by atoms with Crippen molar-refractivity contribution in [1.82, 2.24) is 0 Å². The lowest BCUT2D eigenvalue weighted by molar-refractivity contribution is -0.472. The minimum absolute atomic E-state index is 0.370. The number of nitrogens with one attached hydrogen (secondary N) is 1. The highest BCUT2D eigenvalue weighted by atomic mass is 19.4. The standard InChI is InChI=1S/C13H7F12NO2/c1-5-4-6(14)2-3-7(5)26-8(27)9(15,11(18,19)20)28-13(24,25)10(16,17)12(21,22)23/h2-4H,1H3,(H,26,27)/t9-/m1/s1. The summed E-state index contributed by atoms with van der Waals surface area (Å²) in [5.74, 6) is -17.8. The van der Waals surface area contributed by atoms with Crippen LogP contribution in [0.15, 0.2) is 18.2 Å². The summed E-state index contributed by atoms with van der Waals surface area (Å²) in [6.45, 7) is 0.958. The molecule has 0 fully saturated rings. The number of carbonyl (C=O) groups is 1. The Kier molecular flexibility index (Phi) is 5.97. The highest BCUT2D eigenvalue weighted by Crippen LogP contribution is 2.51. The smallest absolute Gasteiger partial charge is 0.321 e. The highest BCUT2D eigenvalue weighted by Gasteiger charge is 2.79. The van der Waals surface area contributed by atoms with Crippen LogP contribution in [0.2, 0.25) is 0 Å². The summed E-state index contributed by atoms with van der Waals surface area (Å²) < 4.78 is 155. The molecule has 0 saturated heterocycles. The first-order chi connectivity index (χ1) is 12.3. The normalized spacial score (nSPS) is 15.9. The first-order valence-corrected chi connectivity index (χ1v) is 6.62. The number of halogens is 12. The minimum atomic E-state index is -7.28. The molecule has 160 valence electrons. The fourth-order valence-electron chi connectivity index (χ4n) is 1.61. The summed E-state index contributed by atoms with van der Waals surface area (Å²) in [7, 11) is 0. The first-order valence-electron chi connectivity index (χ1n) is 6.62. The van der Waals surface area contributed by atoms with Gasteiger partial charge in [0.05, 0.1) is 0 Å². The predicted molar refractivity (Wildman–Crippen MR) is 66.7 cm³/mol. The molecule has 0 unspecified atom stereocenters. The maximum atomic E-state index is 14.0. The van der Waals surface area contributed by atoms with Crippen molar-refractivity contribution < 1.29 is 62.2 Å². The lowest BCUT2D eigenvalue weighted by Gasteiger charge is -2.34. The van der Waals surface area contributed by atoms with Crippen LogP contribution in [0.25, 0.3) is 0 Å². The summed E-state index contributed by atoms with van der Waals surface area (Å²) in [6.07, 6.45) is -21.1. The summed E-state index contributed by atoms with van der Waals surface area (Å²) in [4.78, 5) is 11.5. The Morgan fingerprint density at radius 1 is 0.893 bits per heavy atom. The van der Waals surface area contributed by atoms with Gasteiger partial charge in [-0.1, -0.05) is 0 Å². The zero-order valence-electron chi connectivity index (χ0n) is 13.1. The molecular formula is C13H7F12NO2. The molecule has 0 bridgehead atoms. The molecule has 1 amide bonds. The predicted octanol–water partition coefficient (Wildman–Crippen LogP) is 5.11. The molecule has 15 heteroatoms. The molecule has 0 aliphatic carbocycles. The molecule has 1 N–H and O–H groups in total. The van der Waals surface area contributed by atoms with Gasteiger partial charge >= 0.3 is 30.2 Å². The van der Waals surface area contributed by atoms with Crippen molar-refractivity contribution in [3.8, 4) is 0 Å². The third-order valence-electron chi connectivity index (χ3n) is 3.08. The average molecular weight is 437 g/mol. The number of alkyl halides is 11. The molecule has 0 radical (unpaired) electrons. The topological polar surface area (TPSA) is 38.3 Å². The van der Waals surface area contributed by atoms with Crippen LogP contribution < -0.4 is 5.32 Å². The Labute approximate surface area is 147 Å². The molecule has 0 spiro atoms. The summed E-state index contributed by atoms with van der Waals surface area (Å²) >= 11 is 0. The SMILES string of the molecule is Cc1cc(F)ccc1NC(=O)[C@@](F)(OC(F)(F)C(F)(F)C(F)(F)F)C(F)(F)F. The van der Waals surface area contributed by atoms with E-state index in [4.69, 9.17) is 0 Å². The van der Waals surface area contributed by atoms with Crippen LogP contribution >= 0.6 is 0 Å². The fraction of sp³-hybridized carbons (Fsp3) is 0.462. The maximum absolute atomic E-state index is 14.0. The van der Waals surface area contributed by atoms with E-state index >= 15 is 0 Å². The minimum Gasteiger partial charge on any atom is -0.321 e. The van der Waals surface area contributed by atoms with Gasteiger partial charge < -0.3 is 5.32 Å². The van der Waals surface area contributed by atoms with E-state index in [-0.39, 0.29) is 5.56 Å². The Morgan fingerprint density at radius 3 is 1.79 bits per heavy atom. The van der Waals surface area contributed by atoms with Crippen molar-refractivity contribution in [1.29, 1.82) is 0 Å². The van der Waals surface area contributed by atoms with E-state index in [0.717, 1.165) is 12.2 Å². The van der Waals surface area contributed by atoms with E-state index in [1.54, 1.807) is 0 Å². The van der Waals surface area contributed by atoms with Gasteiger partial charge in [0.1, 0.15) is 5.82 Å². The Morgan fingerprint density at radius 2 is 1.39 bits per heavy atom. The highest BCUT2D eigenvalue weighted by molar-refractivity contribution is 5.97. The maximum Gasteiger partial charge on any atom is 0.462 e. The number of hydrogen-bond acceptors (Lipinski definition) is 2. The van der Waals surface area contributed by atoms with Crippen molar-refractivity contribution in [2.24, 2.45) is 0 Å². The molecule has 0 aliphatic rings.